The van der Waals surface area contributed by atoms with Gasteiger partial charge in [-0.2, -0.15) is 11.8 Å². The van der Waals surface area contributed by atoms with E-state index in [-0.39, 0.29) is 0 Å². The van der Waals surface area contributed by atoms with Gasteiger partial charge in [-0.3, -0.25) is 0 Å². The third kappa shape index (κ3) is 4.01. The summed E-state index contributed by atoms with van der Waals surface area (Å²) in [4.78, 5) is 0. The van der Waals surface area contributed by atoms with Crippen LogP contribution in [0.5, 0.6) is 0 Å². The Kier molecular flexibility index (Phi) is 5.10. The van der Waals surface area contributed by atoms with Crippen LogP contribution >= 0.6 is 11.8 Å². The average Bonchev–Trinajstić information content (AvgIpc) is 2.76. The molecule has 1 aliphatic rings. The smallest absolute Gasteiger partial charge is 0.0190 e. The molecule has 3 heteroatoms. The van der Waals surface area contributed by atoms with E-state index in [1.54, 1.807) is 0 Å². The Balaban J connectivity index is 1.83. The predicted molar refractivity (Wildman–Crippen MR) is 81.0 cm³/mol. The lowest BCUT2D eigenvalue weighted by Gasteiger charge is -2.12. The van der Waals surface area contributed by atoms with Crippen LogP contribution in [0.3, 0.4) is 0 Å². The molecule has 2 rings (SSSR count). The van der Waals surface area contributed by atoms with Crippen molar-refractivity contribution < 1.29 is 0 Å². The van der Waals surface area contributed by atoms with Crippen LogP contribution in [-0.2, 0) is 13.0 Å². The molecule has 1 heterocycles. The summed E-state index contributed by atoms with van der Waals surface area (Å²) in [6.45, 7) is 6.36. The molecule has 1 aliphatic heterocycles. The number of benzene rings is 1. The van der Waals surface area contributed by atoms with Crippen LogP contribution in [0.2, 0.25) is 0 Å². The van der Waals surface area contributed by atoms with E-state index in [1.165, 1.54) is 17.5 Å². The summed E-state index contributed by atoms with van der Waals surface area (Å²) in [5.74, 6) is 0. The van der Waals surface area contributed by atoms with Gasteiger partial charge in [0.25, 0.3) is 0 Å². The Morgan fingerprint density at radius 2 is 1.94 bits per heavy atom. The number of nitrogens with two attached hydrogens (primary N) is 1. The lowest BCUT2D eigenvalue weighted by atomic mass is 10.0. The monoisotopic (exact) mass is 264 g/mol. The fraction of sp³-hybridized carbons (Fsp3) is 0.600. The topological polar surface area (TPSA) is 38.0 Å². The molecule has 100 valence electrons. The minimum atomic E-state index is 0.634. The second-order valence-corrected chi connectivity index (χ2v) is 7.25. The van der Waals surface area contributed by atoms with Gasteiger partial charge in [-0.05, 0) is 29.2 Å². The highest BCUT2D eigenvalue weighted by Crippen LogP contribution is 2.26. The molecule has 3 N–H and O–H groups in total. The highest BCUT2D eigenvalue weighted by molar-refractivity contribution is 8.00. The number of hydrogen-bond acceptors (Lipinski definition) is 3. The van der Waals surface area contributed by atoms with Crippen molar-refractivity contribution in [3.63, 3.8) is 0 Å². The van der Waals surface area contributed by atoms with Crippen LogP contribution in [0.4, 0.5) is 0 Å². The molecule has 0 aliphatic carbocycles. The van der Waals surface area contributed by atoms with Crippen molar-refractivity contribution in [2.75, 3.05) is 6.54 Å². The molecule has 0 amide bonds. The molecule has 0 aromatic heterocycles. The van der Waals surface area contributed by atoms with Gasteiger partial charge in [0.2, 0.25) is 0 Å². The maximum atomic E-state index is 5.61. The first-order valence-corrected chi connectivity index (χ1v) is 7.78. The summed E-state index contributed by atoms with van der Waals surface area (Å²) in [7, 11) is 0. The van der Waals surface area contributed by atoms with Crippen molar-refractivity contribution in [3.05, 3.63) is 35.4 Å². The molecule has 0 saturated carbocycles. The normalized spacial score (nSPS) is 23.8. The molecule has 1 aromatic carbocycles. The van der Waals surface area contributed by atoms with Gasteiger partial charge in [0, 0.05) is 24.4 Å². The van der Waals surface area contributed by atoms with Gasteiger partial charge in [0.05, 0.1) is 0 Å². The fourth-order valence-corrected chi connectivity index (χ4v) is 3.83. The first-order chi connectivity index (χ1) is 8.67. The molecular formula is C15H24N2S. The molecule has 2 atom stereocenters. The van der Waals surface area contributed by atoms with Crippen LogP contribution in [-0.4, -0.2) is 23.1 Å². The third-order valence-corrected chi connectivity index (χ3v) is 4.68. The summed E-state index contributed by atoms with van der Waals surface area (Å²) < 4.78 is 0. The Morgan fingerprint density at radius 1 is 1.28 bits per heavy atom. The van der Waals surface area contributed by atoms with Crippen molar-refractivity contribution in [2.45, 2.75) is 49.8 Å². The zero-order valence-electron chi connectivity index (χ0n) is 11.4. The van der Waals surface area contributed by atoms with Crippen LogP contribution in [0, 0.1) is 0 Å². The zero-order valence-corrected chi connectivity index (χ0v) is 12.2. The van der Waals surface area contributed by atoms with Crippen LogP contribution in [0.25, 0.3) is 0 Å². The second-order valence-electron chi connectivity index (χ2n) is 5.37. The molecule has 0 spiro atoms. The molecule has 2 unspecified atom stereocenters. The number of thioether (sulfide) groups is 1. The van der Waals surface area contributed by atoms with Crippen LogP contribution in [0.1, 0.15) is 31.4 Å². The van der Waals surface area contributed by atoms with Gasteiger partial charge in [-0.1, -0.05) is 38.1 Å². The van der Waals surface area contributed by atoms with E-state index in [2.05, 4.69) is 55.2 Å². The lowest BCUT2D eigenvalue weighted by Crippen LogP contribution is -2.23. The Labute approximate surface area is 115 Å². The van der Waals surface area contributed by atoms with Gasteiger partial charge in [0.15, 0.2) is 0 Å². The maximum absolute atomic E-state index is 5.61. The number of nitrogens with one attached hydrogen (secondary N) is 1. The van der Waals surface area contributed by atoms with Gasteiger partial charge < -0.3 is 11.1 Å². The Morgan fingerprint density at radius 3 is 2.56 bits per heavy atom. The SMILES string of the molecule is CC(C)SC1CNC(Cc2ccc(CN)cc2)C1. The van der Waals surface area contributed by atoms with Gasteiger partial charge in [0.1, 0.15) is 0 Å². The summed E-state index contributed by atoms with van der Waals surface area (Å²) in [6.07, 6.45) is 2.43. The molecule has 2 nitrogen and oxygen atoms in total. The number of hydrogen-bond donors (Lipinski definition) is 2. The van der Waals surface area contributed by atoms with Crippen molar-refractivity contribution in [1.29, 1.82) is 0 Å². The maximum Gasteiger partial charge on any atom is 0.0190 e. The molecule has 1 aromatic rings. The van der Waals surface area contributed by atoms with E-state index < -0.39 is 0 Å². The summed E-state index contributed by atoms with van der Waals surface area (Å²) in [5, 5.41) is 5.17. The summed E-state index contributed by atoms with van der Waals surface area (Å²) in [6, 6.07) is 9.36. The Hall–Kier alpha value is -0.510. The molecule has 0 radical (unpaired) electrons. The molecule has 0 bridgehead atoms. The van der Waals surface area contributed by atoms with Crippen molar-refractivity contribution in [1.82, 2.24) is 5.32 Å². The third-order valence-electron chi connectivity index (χ3n) is 3.39. The van der Waals surface area contributed by atoms with Crippen LogP contribution in [0.15, 0.2) is 24.3 Å². The van der Waals surface area contributed by atoms with E-state index in [1.807, 2.05) is 0 Å². The van der Waals surface area contributed by atoms with Crippen molar-refractivity contribution >= 4 is 11.8 Å². The van der Waals surface area contributed by atoms with Gasteiger partial charge in [-0.15, -0.1) is 0 Å². The average molecular weight is 264 g/mol. The van der Waals surface area contributed by atoms with Crippen molar-refractivity contribution in [2.24, 2.45) is 5.73 Å². The van der Waals surface area contributed by atoms with E-state index in [9.17, 15) is 0 Å². The van der Waals surface area contributed by atoms with E-state index >= 15 is 0 Å². The molecular weight excluding hydrogens is 240 g/mol. The predicted octanol–water partition coefficient (Wildman–Crippen LogP) is 2.56. The van der Waals surface area contributed by atoms with E-state index in [4.69, 9.17) is 5.73 Å². The summed E-state index contributed by atoms with van der Waals surface area (Å²) >= 11 is 2.10. The first-order valence-electron chi connectivity index (χ1n) is 6.84. The fourth-order valence-electron chi connectivity index (χ4n) is 2.52. The molecule has 18 heavy (non-hydrogen) atoms. The highest BCUT2D eigenvalue weighted by atomic mass is 32.2. The minimum absolute atomic E-state index is 0.634. The second kappa shape index (κ2) is 6.60. The van der Waals surface area contributed by atoms with E-state index in [0.29, 0.717) is 12.6 Å². The van der Waals surface area contributed by atoms with E-state index in [0.717, 1.165) is 23.5 Å². The first kappa shape index (κ1) is 13.9. The number of rotatable bonds is 5. The quantitative estimate of drug-likeness (QED) is 0.858. The largest absolute Gasteiger partial charge is 0.326 e. The lowest BCUT2D eigenvalue weighted by molar-refractivity contribution is 0.603. The van der Waals surface area contributed by atoms with Crippen molar-refractivity contribution in [3.8, 4) is 0 Å². The van der Waals surface area contributed by atoms with Gasteiger partial charge >= 0.3 is 0 Å². The minimum Gasteiger partial charge on any atom is -0.326 e. The highest BCUT2D eigenvalue weighted by Gasteiger charge is 2.24. The molecule has 1 fully saturated rings. The zero-order chi connectivity index (χ0) is 13.0. The molecule has 1 saturated heterocycles. The standard InChI is InChI=1S/C15H24N2S/c1-11(2)18-15-8-14(17-10-15)7-12-3-5-13(9-16)6-4-12/h3-6,11,14-15,17H,7-10,16H2,1-2H3. The Bertz CT molecular complexity index is 361. The van der Waals surface area contributed by atoms with Gasteiger partial charge in [-0.25, -0.2) is 0 Å². The summed E-state index contributed by atoms with van der Waals surface area (Å²) in [5.41, 5.74) is 8.24. The van der Waals surface area contributed by atoms with Crippen LogP contribution < -0.4 is 11.1 Å².